The minimum absolute atomic E-state index is 0.170. The number of amides is 1. The van der Waals surface area contributed by atoms with Crippen LogP contribution in [0.4, 0.5) is 5.69 Å². The lowest BCUT2D eigenvalue weighted by molar-refractivity contribution is 0.0527. The first kappa shape index (κ1) is 20.6. The molecule has 30 heavy (non-hydrogen) atoms. The number of thiophene rings is 1. The first-order valence-electron chi connectivity index (χ1n) is 9.03. The van der Waals surface area contributed by atoms with Crippen LogP contribution in [0.25, 0.3) is 10.4 Å². The number of rotatable bonds is 4. The molecule has 154 valence electrons. The lowest BCUT2D eigenvalue weighted by atomic mass is 10.1. The molecule has 2 aromatic carbocycles. The van der Waals surface area contributed by atoms with Crippen molar-refractivity contribution in [2.24, 2.45) is 0 Å². The van der Waals surface area contributed by atoms with Gasteiger partial charge in [0.15, 0.2) is 9.84 Å². The molecule has 0 atom stereocenters. The number of benzene rings is 2. The zero-order chi connectivity index (χ0) is 21.5. The predicted molar refractivity (Wildman–Crippen MR) is 116 cm³/mol. The first-order chi connectivity index (χ1) is 14.3. The number of fused-ring (bicyclic) bond motifs is 3. The van der Waals surface area contributed by atoms with Gasteiger partial charge in [-0.05, 0) is 42.8 Å². The zero-order valence-corrected chi connectivity index (χ0v) is 18.2. The Balaban J connectivity index is 1.68. The Morgan fingerprint density at radius 2 is 1.93 bits per heavy atom. The Labute approximate surface area is 182 Å². The van der Waals surface area contributed by atoms with Crippen LogP contribution in [-0.2, 0) is 20.3 Å². The Morgan fingerprint density at radius 3 is 2.70 bits per heavy atom. The molecule has 3 aromatic rings. The molecule has 1 amide bonds. The lowest BCUT2D eigenvalue weighted by Crippen LogP contribution is -2.15. The van der Waals surface area contributed by atoms with Crippen molar-refractivity contribution in [1.82, 2.24) is 0 Å². The SMILES string of the molecule is CCOC(=O)c1ccccc1NC(=O)c1cc2c(s1)-c1ccc(Cl)cc1S(=O)(=O)C2. The van der Waals surface area contributed by atoms with Crippen molar-refractivity contribution in [1.29, 1.82) is 0 Å². The molecule has 0 saturated carbocycles. The second kappa shape index (κ2) is 7.86. The molecule has 2 heterocycles. The highest BCUT2D eigenvalue weighted by Crippen LogP contribution is 2.43. The largest absolute Gasteiger partial charge is 0.462 e. The van der Waals surface area contributed by atoms with E-state index in [0.29, 0.717) is 26.7 Å². The van der Waals surface area contributed by atoms with Gasteiger partial charge in [0, 0.05) is 15.5 Å². The number of hydrogen-bond acceptors (Lipinski definition) is 6. The topological polar surface area (TPSA) is 89.5 Å². The third kappa shape index (κ3) is 3.74. The van der Waals surface area contributed by atoms with Crippen LogP contribution in [0.3, 0.4) is 0 Å². The number of hydrogen-bond donors (Lipinski definition) is 1. The van der Waals surface area contributed by atoms with E-state index in [2.05, 4.69) is 5.32 Å². The molecule has 1 N–H and O–H groups in total. The van der Waals surface area contributed by atoms with Crippen molar-refractivity contribution in [3.63, 3.8) is 0 Å². The monoisotopic (exact) mass is 461 g/mol. The van der Waals surface area contributed by atoms with Crippen LogP contribution in [0, 0.1) is 0 Å². The fourth-order valence-corrected chi connectivity index (χ4v) is 6.37. The number of sulfone groups is 1. The summed E-state index contributed by atoms with van der Waals surface area (Å²) < 4.78 is 30.3. The van der Waals surface area contributed by atoms with Crippen molar-refractivity contribution >= 4 is 50.3 Å². The number of carbonyl (C=O) groups is 2. The molecule has 1 aromatic heterocycles. The van der Waals surface area contributed by atoms with Crippen LogP contribution in [0.5, 0.6) is 0 Å². The second-order valence-corrected chi connectivity index (χ2v) is 10.0. The average molecular weight is 462 g/mol. The molecule has 0 unspecified atom stereocenters. The quantitative estimate of drug-likeness (QED) is 0.564. The summed E-state index contributed by atoms with van der Waals surface area (Å²) in [5, 5.41) is 3.07. The van der Waals surface area contributed by atoms with Gasteiger partial charge in [0.25, 0.3) is 5.91 Å². The van der Waals surface area contributed by atoms with Crippen LogP contribution in [-0.4, -0.2) is 26.9 Å². The lowest BCUT2D eigenvalue weighted by Gasteiger charge is -2.16. The standard InChI is InChI=1S/C21H16ClNO5S2/c1-2-28-21(25)14-5-3-4-6-16(14)23-20(24)17-9-12-11-30(26,27)18-10-13(22)7-8-15(18)19(12)29-17/h3-10H,2,11H2,1H3,(H,23,24). The molecule has 6 nitrogen and oxygen atoms in total. The molecule has 0 aliphatic carbocycles. The molecule has 9 heteroatoms. The summed E-state index contributed by atoms with van der Waals surface area (Å²) in [6.07, 6.45) is 0. The summed E-state index contributed by atoms with van der Waals surface area (Å²) in [6.45, 7) is 1.92. The minimum Gasteiger partial charge on any atom is -0.462 e. The number of nitrogens with one attached hydrogen (secondary N) is 1. The molecule has 0 spiro atoms. The van der Waals surface area contributed by atoms with E-state index in [9.17, 15) is 18.0 Å². The maximum atomic E-state index is 12.9. The van der Waals surface area contributed by atoms with E-state index in [1.807, 2.05) is 0 Å². The van der Waals surface area contributed by atoms with Crippen molar-refractivity contribution in [2.75, 3.05) is 11.9 Å². The first-order valence-corrected chi connectivity index (χ1v) is 11.9. The Kier molecular flexibility index (Phi) is 5.40. The van der Waals surface area contributed by atoms with Gasteiger partial charge in [-0.3, -0.25) is 4.79 Å². The number of para-hydroxylation sites is 1. The van der Waals surface area contributed by atoms with E-state index in [0.717, 1.165) is 4.88 Å². The summed E-state index contributed by atoms with van der Waals surface area (Å²) in [5.74, 6) is -1.16. The molecular weight excluding hydrogens is 446 g/mol. The van der Waals surface area contributed by atoms with E-state index in [-0.39, 0.29) is 22.8 Å². The summed E-state index contributed by atoms with van der Waals surface area (Å²) in [6, 6.07) is 12.9. The van der Waals surface area contributed by atoms with E-state index >= 15 is 0 Å². The van der Waals surface area contributed by atoms with Gasteiger partial charge < -0.3 is 10.1 Å². The smallest absolute Gasteiger partial charge is 0.340 e. The minimum atomic E-state index is -3.54. The van der Waals surface area contributed by atoms with Crippen LogP contribution >= 0.6 is 22.9 Å². The van der Waals surface area contributed by atoms with Gasteiger partial charge in [-0.25, -0.2) is 13.2 Å². The van der Waals surface area contributed by atoms with Crippen LogP contribution in [0.15, 0.2) is 53.4 Å². The van der Waals surface area contributed by atoms with Crippen LogP contribution < -0.4 is 5.32 Å². The number of anilines is 1. The molecule has 0 radical (unpaired) electrons. The van der Waals surface area contributed by atoms with E-state index in [1.165, 1.54) is 17.4 Å². The molecule has 1 aliphatic heterocycles. The maximum Gasteiger partial charge on any atom is 0.340 e. The summed E-state index contributed by atoms with van der Waals surface area (Å²) in [4.78, 5) is 26.2. The molecule has 0 bridgehead atoms. The van der Waals surface area contributed by atoms with Gasteiger partial charge in [0.2, 0.25) is 0 Å². The Hall–Kier alpha value is -2.68. The van der Waals surface area contributed by atoms with Crippen LogP contribution in [0.2, 0.25) is 5.02 Å². The summed E-state index contributed by atoms with van der Waals surface area (Å²) in [7, 11) is -3.54. The maximum absolute atomic E-state index is 12.9. The number of halogens is 1. The highest BCUT2D eigenvalue weighted by molar-refractivity contribution is 7.91. The van der Waals surface area contributed by atoms with Gasteiger partial charge in [-0.1, -0.05) is 29.8 Å². The zero-order valence-electron chi connectivity index (χ0n) is 15.8. The molecule has 0 fully saturated rings. The van der Waals surface area contributed by atoms with Crippen molar-refractivity contribution in [2.45, 2.75) is 17.6 Å². The van der Waals surface area contributed by atoms with Gasteiger partial charge in [0.05, 0.1) is 33.4 Å². The van der Waals surface area contributed by atoms with E-state index in [1.54, 1.807) is 49.4 Å². The Bertz CT molecular complexity index is 1280. The van der Waals surface area contributed by atoms with Crippen molar-refractivity contribution in [3.05, 3.63) is 69.6 Å². The van der Waals surface area contributed by atoms with Gasteiger partial charge in [0.1, 0.15) is 0 Å². The highest BCUT2D eigenvalue weighted by Gasteiger charge is 2.31. The number of ether oxygens (including phenoxy) is 1. The fraction of sp³-hybridized carbons (Fsp3) is 0.143. The third-order valence-electron chi connectivity index (χ3n) is 4.57. The van der Waals surface area contributed by atoms with Crippen LogP contribution in [0.1, 0.15) is 32.5 Å². The van der Waals surface area contributed by atoms with Crippen molar-refractivity contribution < 1.29 is 22.7 Å². The highest BCUT2D eigenvalue weighted by atomic mass is 35.5. The number of carbonyl (C=O) groups excluding carboxylic acids is 2. The second-order valence-electron chi connectivity index (χ2n) is 6.58. The third-order valence-corrected chi connectivity index (χ3v) is 7.72. The normalized spacial score (nSPS) is 13.8. The van der Waals surface area contributed by atoms with Gasteiger partial charge >= 0.3 is 5.97 Å². The fourth-order valence-electron chi connectivity index (χ4n) is 3.26. The molecular formula is C21H16ClNO5S2. The molecule has 0 saturated heterocycles. The van der Waals surface area contributed by atoms with E-state index < -0.39 is 21.7 Å². The number of esters is 1. The summed E-state index contributed by atoms with van der Waals surface area (Å²) >= 11 is 7.18. The average Bonchev–Trinajstić information content (AvgIpc) is 3.12. The van der Waals surface area contributed by atoms with E-state index in [4.69, 9.17) is 16.3 Å². The Morgan fingerprint density at radius 1 is 1.17 bits per heavy atom. The molecule has 1 aliphatic rings. The molecule has 4 rings (SSSR count). The van der Waals surface area contributed by atoms with Gasteiger partial charge in [-0.15, -0.1) is 11.3 Å². The predicted octanol–water partition coefficient (Wildman–Crippen LogP) is 4.78. The van der Waals surface area contributed by atoms with Gasteiger partial charge in [-0.2, -0.15) is 0 Å². The summed E-state index contributed by atoms with van der Waals surface area (Å²) in [5.41, 5.74) is 1.68. The van der Waals surface area contributed by atoms with Crippen molar-refractivity contribution in [3.8, 4) is 10.4 Å².